The first kappa shape index (κ1) is 26.1. The first-order chi connectivity index (χ1) is 16.2. The van der Waals surface area contributed by atoms with Crippen molar-refractivity contribution in [3.05, 3.63) is 35.4 Å². The van der Waals surface area contributed by atoms with Crippen molar-refractivity contribution in [2.75, 3.05) is 20.8 Å². The van der Waals surface area contributed by atoms with Crippen molar-refractivity contribution in [2.24, 2.45) is 17.3 Å². The van der Waals surface area contributed by atoms with Gasteiger partial charge in [-0.3, -0.25) is 24.1 Å². The molecule has 1 aromatic carbocycles. The topological polar surface area (TPSA) is 90.0 Å². The fourth-order valence-corrected chi connectivity index (χ4v) is 10.1. The van der Waals surface area contributed by atoms with Gasteiger partial charge in [0.2, 0.25) is 0 Å². The number of ether oxygens (including phenoxy) is 2. The highest BCUT2D eigenvalue weighted by Crippen LogP contribution is 2.52. The maximum absolute atomic E-state index is 12.9. The number of carbonyl (C=O) groups excluding carboxylic acids is 4. The molecule has 2 atom stereocenters. The van der Waals surface area contributed by atoms with Crippen LogP contribution >= 0.6 is 0 Å². The van der Waals surface area contributed by atoms with E-state index in [2.05, 4.69) is 20.8 Å². The van der Waals surface area contributed by atoms with Gasteiger partial charge < -0.3 is 9.47 Å². The van der Waals surface area contributed by atoms with Crippen LogP contribution in [0.1, 0.15) is 60.7 Å². The Balaban J connectivity index is 1.87. The lowest BCUT2D eigenvalue weighted by Crippen LogP contribution is -2.40. The van der Waals surface area contributed by atoms with Crippen molar-refractivity contribution in [2.45, 2.75) is 64.2 Å². The van der Waals surface area contributed by atoms with Crippen LogP contribution in [0.2, 0.25) is 24.2 Å². The summed E-state index contributed by atoms with van der Waals surface area (Å²) < 4.78 is 10.1. The Kier molecular flexibility index (Phi) is 8.01. The fourth-order valence-electron chi connectivity index (χ4n) is 6.17. The molecule has 3 rings (SSSR count). The smallest absolute Gasteiger partial charge is 0.323 e. The van der Waals surface area contributed by atoms with Crippen LogP contribution < -0.4 is 0 Å². The highest BCUT2D eigenvalue weighted by atomic mass is 28.3. The number of nitrogens with zero attached hydrogens (tertiary/aromatic N) is 1. The van der Waals surface area contributed by atoms with E-state index in [0.29, 0.717) is 30.4 Å². The Hall–Kier alpha value is -2.48. The van der Waals surface area contributed by atoms with Crippen molar-refractivity contribution in [3.8, 4) is 0 Å². The van der Waals surface area contributed by atoms with Crippen LogP contribution in [0.25, 0.3) is 0 Å². The lowest BCUT2D eigenvalue weighted by atomic mass is 9.84. The van der Waals surface area contributed by atoms with Gasteiger partial charge in [-0.25, -0.2) is 0 Å². The van der Waals surface area contributed by atoms with E-state index in [-0.39, 0.29) is 30.2 Å². The number of imide groups is 1. The normalized spacial score (nSPS) is 21.5. The predicted octanol–water partition coefficient (Wildman–Crippen LogP) is 4.54. The Morgan fingerprint density at radius 1 is 0.912 bits per heavy atom. The minimum absolute atomic E-state index is 0.0130. The standard InChI is InChI=1S/C26H37NO6Si/c1-6-34(7-2,8-3)17-19-16-26(24(30)32-4,25(31)33-5)15-18(19)13-14-27-22(28)20-11-9-10-12-21(20)23(27)29/h9-12,18-19H,6-8,13-17H2,1-5H3/t18-,19+/m1/s1. The van der Waals surface area contributed by atoms with Crippen LogP contribution in [0.3, 0.4) is 0 Å². The van der Waals surface area contributed by atoms with Gasteiger partial charge in [0.25, 0.3) is 11.8 Å². The van der Waals surface area contributed by atoms with Gasteiger partial charge in [0.05, 0.1) is 33.4 Å². The zero-order chi connectivity index (χ0) is 25.1. The molecule has 0 spiro atoms. The minimum atomic E-state index is -1.57. The van der Waals surface area contributed by atoms with Crippen LogP contribution in [0.4, 0.5) is 0 Å². The van der Waals surface area contributed by atoms with E-state index in [1.54, 1.807) is 24.3 Å². The van der Waals surface area contributed by atoms with Gasteiger partial charge in [-0.05, 0) is 43.2 Å². The molecule has 0 unspecified atom stereocenters. The molecular weight excluding hydrogens is 450 g/mol. The second-order valence-corrected chi connectivity index (χ2v) is 15.4. The first-order valence-electron chi connectivity index (χ1n) is 12.3. The number of carbonyl (C=O) groups is 4. The third-order valence-electron chi connectivity index (χ3n) is 8.59. The van der Waals surface area contributed by atoms with Gasteiger partial charge in [0.1, 0.15) is 0 Å². The van der Waals surface area contributed by atoms with E-state index in [9.17, 15) is 19.2 Å². The number of rotatable bonds is 10. The molecule has 1 fully saturated rings. The van der Waals surface area contributed by atoms with E-state index in [4.69, 9.17) is 9.47 Å². The lowest BCUT2D eigenvalue weighted by Gasteiger charge is -2.34. The molecule has 2 aliphatic rings. The quantitative estimate of drug-likeness (QED) is 0.208. The van der Waals surface area contributed by atoms with Gasteiger partial charge >= 0.3 is 11.9 Å². The molecule has 1 heterocycles. The second-order valence-electron chi connectivity index (χ2n) is 9.85. The molecule has 0 aromatic heterocycles. The second kappa shape index (κ2) is 10.4. The number of hydrogen-bond acceptors (Lipinski definition) is 6. The molecule has 0 saturated heterocycles. The molecule has 8 heteroatoms. The average Bonchev–Trinajstić information content (AvgIpc) is 3.35. The molecule has 34 heavy (non-hydrogen) atoms. The molecule has 0 N–H and O–H groups in total. The third-order valence-corrected chi connectivity index (χ3v) is 14.5. The molecule has 2 amide bonds. The summed E-state index contributed by atoms with van der Waals surface area (Å²) in [6.45, 7) is 7.01. The minimum Gasteiger partial charge on any atom is -0.468 e. The number of methoxy groups -OCH3 is 2. The van der Waals surface area contributed by atoms with E-state index < -0.39 is 25.4 Å². The summed E-state index contributed by atoms with van der Waals surface area (Å²) in [5.41, 5.74) is -0.456. The molecular formula is C26H37NO6Si. The Morgan fingerprint density at radius 2 is 1.38 bits per heavy atom. The average molecular weight is 488 g/mol. The Morgan fingerprint density at radius 3 is 1.82 bits per heavy atom. The van der Waals surface area contributed by atoms with Crippen LogP contribution in [0.15, 0.2) is 24.3 Å². The van der Waals surface area contributed by atoms with E-state index in [0.717, 1.165) is 24.2 Å². The molecule has 1 aliphatic heterocycles. The van der Waals surface area contributed by atoms with E-state index in [1.165, 1.54) is 19.1 Å². The van der Waals surface area contributed by atoms with Crippen molar-refractivity contribution in [1.82, 2.24) is 4.90 Å². The maximum atomic E-state index is 12.9. The number of hydrogen-bond donors (Lipinski definition) is 0. The lowest BCUT2D eigenvalue weighted by molar-refractivity contribution is -0.169. The van der Waals surface area contributed by atoms with Gasteiger partial charge in [0.15, 0.2) is 5.41 Å². The largest absolute Gasteiger partial charge is 0.468 e. The highest BCUT2D eigenvalue weighted by Gasteiger charge is 2.58. The predicted molar refractivity (Wildman–Crippen MR) is 131 cm³/mol. The Labute approximate surface area is 203 Å². The summed E-state index contributed by atoms with van der Waals surface area (Å²) in [4.78, 5) is 52.8. The van der Waals surface area contributed by atoms with Gasteiger partial charge in [-0.2, -0.15) is 0 Å². The monoisotopic (exact) mass is 487 g/mol. The summed E-state index contributed by atoms with van der Waals surface area (Å²) >= 11 is 0. The molecule has 1 aliphatic carbocycles. The van der Waals surface area contributed by atoms with Gasteiger partial charge in [0, 0.05) is 6.54 Å². The fraction of sp³-hybridized carbons (Fsp3) is 0.615. The van der Waals surface area contributed by atoms with Crippen molar-refractivity contribution in [1.29, 1.82) is 0 Å². The molecule has 1 aromatic rings. The van der Waals surface area contributed by atoms with Crippen LogP contribution in [-0.4, -0.2) is 57.5 Å². The van der Waals surface area contributed by atoms with Crippen molar-refractivity contribution < 1.29 is 28.7 Å². The summed E-state index contributed by atoms with van der Waals surface area (Å²) in [6.07, 6.45) is 1.27. The van der Waals surface area contributed by atoms with Crippen LogP contribution in [-0.2, 0) is 19.1 Å². The summed E-state index contributed by atoms with van der Waals surface area (Å²) in [7, 11) is 1.04. The van der Waals surface area contributed by atoms with E-state index >= 15 is 0 Å². The molecule has 1 saturated carbocycles. The number of amides is 2. The van der Waals surface area contributed by atoms with Gasteiger partial charge in [-0.1, -0.05) is 57.1 Å². The van der Waals surface area contributed by atoms with Crippen molar-refractivity contribution >= 4 is 31.8 Å². The number of esters is 2. The molecule has 186 valence electrons. The summed E-state index contributed by atoms with van der Waals surface area (Å²) in [5.74, 6) is -1.50. The van der Waals surface area contributed by atoms with Crippen LogP contribution in [0.5, 0.6) is 0 Å². The third kappa shape index (κ3) is 4.44. The number of benzene rings is 1. The number of fused-ring (bicyclic) bond motifs is 1. The Bertz CT molecular complexity index is 897. The molecule has 0 bridgehead atoms. The summed E-state index contributed by atoms with van der Waals surface area (Å²) in [5, 5.41) is 0. The maximum Gasteiger partial charge on any atom is 0.323 e. The van der Waals surface area contributed by atoms with Gasteiger partial charge in [-0.15, -0.1) is 0 Å². The van der Waals surface area contributed by atoms with Crippen molar-refractivity contribution in [3.63, 3.8) is 0 Å². The summed E-state index contributed by atoms with van der Waals surface area (Å²) in [6, 6.07) is 11.3. The zero-order valence-electron chi connectivity index (χ0n) is 21.0. The highest BCUT2D eigenvalue weighted by molar-refractivity contribution is 6.79. The van der Waals surface area contributed by atoms with Crippen LogP contribution in [0, 0.1) is 17.3 Å². The molecule has 7 nitrogen and oxygen atoms in total. The zero-order valence-corrected chi connectivity index (χ0v) is 22.0. The first-order valence-corrected chi connectivity index (χ1v) is 15.2. The van der Waals surface area contributed by atoms with E-state index in [1.807, 2.05) is 0 Å². The SMILES string of the molecule is CC[Si](CC)(CC)C[C@@H]1CC(C(=O)OC)(C(=O)OC)C[C@H]1CCN1C(=O)c2ccccc2C1=O. The molecule has 0 radical (unpaired) electrons.